The zero-order chi connectivity index (χ0) is 24.3. The van der Waals surface area contributed by atoms with Crippen molar-refractivity contribution in [1.82, 2.24) is 0 Å². The van der Waals surface area contributed by atoms with Gasteiger partial charge in [-0.3, -0.25) is 0 Å². The molecule has 180 valence electrons. The summed E-state index contributed by atoms with van der Waals surface area (Å²) < 4.78 is 64.1. The summed E-state index contributed by atoms with van der Waals surface area (Å²) in [5.74, 6) is 1.16. The molecule has 0 aromatic heterocycles. The monoisotopic (exact) mass is 538 g/mol. The van der Waals surface area contributed by atoms with Gasteiger partial charge in [-0.05, 0) is 0 Å². The average molecular weight is 537 g/mol. The SMILES string of the molecule is COc1cc2c(c(OC)c1OC)[C@@H](c1ccc(C(F)(F)F)cc1)[C@H](C[Se]c1ccccc1)OC2. The number of alkyl halides is 3. The fourth-order valence-electron chi connectivity index (χ4n) is 4.27. The van der Waals surface area contributed by atoms with Gasteiger partial charge in [0.2, 0.25) is 0 Å². The van der Waals surface area contributed by atoms with E-state index in [0.29, 0.717) is 23.9 Å². The molecule has 0 saturated heterocycles. The number of benzene rings is 3. The van der Waals surface area contributed by atoms with E-state index in [1.54, 1.807) is 14.2 Å². The van der Waals surface area contributed by atoms with Crippen molar-refractivity contribution in [2.45, 2.75) is 30.1 Å². The van der Waals surface area contributed by atoms with Crippen molar-refractivity contribution in [3.8, 4) is 17.2 Å². The molecule has 0 amide bonds. The van der Waals surface area contributed by atoms with Gasteiger partial charge in [0.05, 0.1) is 0 Å². The van der Waals surface area contributed by atoms with Crippen LogP contribution in [0.1, 0.15) is 28.2 Å². The Morgan fingerprint density at radius 3 is 2.18 bits per heavy atom. The van der Waals surface area contributed by atoms with Gasteiger partial charge < -0.3 is 0 Å². The molecule has 3 aromatic rings. The quantitative estimate of drug-likeness (QED) is 0.388. The maximum absolute atomic E-state index is 13.2. The molecule has 0 radical (unpaired) electrons. The Morgan fingerprint density at radius 1 is 0.912 bits per heavy atom. The van der Waals surface area contributed by atoms with Crippen LogP contribution >= 0.6 is 0 Å². The van der Waals surface area contributed by atoms with E-state index in [0.717, 1.165) is 34.1 Å². The first-order chi connectivity index (χ1) is 16.4. The van der Waals surface area contributed by atoms with Crippen LogP contribution in [0.15, 0.2) is 60.7 Å². The molecule has 0 unspecified atom stereocenters. The first-order valence-electron chi connectivity index (χ1n) is 10.7. The molecule has 34 heavy (non-hydrogen) atoms. The van der Waals surface area contributed by atoms with Gasteiger partial charge in [-0.15, -0.1) is 0 Å². The van der Waals surface area contributed by atoms with Crippen LogP contribution in [0.4, 0.5) is 13.2 Å². The summed E-state index contributed by atoms with van der Waals surface area (Å²) in [4.78, 5) is 0. The van der Waals surface area contributed by atoms with Crippen LogP contribution in [0.3, 0.4) is 0 Å². The third-order valence-corrected chi connectivity index (χ3v) is 8.15. The van der Waals surface area contributed by atoms with E-state index < -0.39 is 11.7 Å². The molecule has 3 aromatic carbocycles. The van der Waals surface area contributed by atoms with Crippen molar-refractivity contribution in [1.29, 1.82) is 0 Å². The summed E-state index contributed by atoms with van der Waals surface area (Å²) in [6.45, 7) is 0.346. The Morgan fingerprint density at radius 2 is 1.59 bits per heavy atom. The zero-order valence-electron chi connectivity index (χ0n) is 19.0. The van der Waals surface area contributed by atoms with Crippen molar-refractivity contribution in [2.75, 3.05) is 21.3 Å². The molecule has 2 atom stereocenters. The summed E-state index contributed by atoms with van der Waals surface area (Å²) in [5.41, 5.74) is 1.77. The second-order valence-electron chi connectivity index (χ2n) is 7.79. The van der Waals surface area contributed by atoms with Gasteiger partial charge in [0.1, 0.15) is 0 Å². The molecular formula is C26H25F3O4Se. The van der Waals surface area contributed by atoms with Crippen molar-refractivity contribution in [2.24, 2.45) is 0 Å². The van der Waals surface area contributed by atoms with Gasteiger partial charge in [-0.1, -0.05) is 0 Å². The molecule has 4 rings (SSSR count). The van der Waals surface area contributed by atoms with E-state index in [-0.39, 0.29) is 27.0 Å². The number of halogens is 3. The molecule has 1 heterocycles. The van der Waals surface area contributed by atoms with Gasteiger partial charge in [-0.2, -0.15) is 0 Å². The normalized spacial score (nSPS) is 17.7. The van der Waals surface area contributed by atoms with Crippen LogP contribution in [0.25, 0.3) is 0 Å². The zero-order valence-corrected chi connectivity index (χ0v) is 20.7. The fourth-order valence-corrected chi connectivity index (χ4v) is 6.36. The van der Waals surface area contributed by atoms with E-state index in [9.17, 15) is 13.2 Å². The molecule has 1 aliphatic heterocycles. The molecular weight excluding hydrogens is 512 g/mol. The number of rotatable bonds is 7. The van der Waals surface area contributed by atoms with Gasteiger partial charge in [0.15, 0.2) is 0 Å². The summed E-state index contributed by atoms with van der Waals surface area (Å²) in [5, 5.41) is 0.750. The van der Waals surface area contributed by atoms with Crippen LogP contribution in [0, 0.1) is 0 Å². The van der Waals surface area contributed by atoms with E-state index in [1.807, 2.05) is 24.3 Å². The molecule has 0 saturated carbocycles. The van der Waals surface area contributed by atoms with Crippen molar-refractivity contribution in [3.05, 3.63) is 82.9 Å². The van der Waals surface area contributed by atoms with Gasteiger partial charge in [0.25, 0.3) is 0 Å². The Bertz CT molecular complexity index is 1120. The molecule has 0 aliphatic carbocycles. The summed E-state index contributed by atoms with van der Waals surface area (Å²) in [6.07, 6.45) is -4.64. The molecule has 8 heteroatoms. The standard InChI is InChI=1S/C26H25F3O4Se/c1-30-20-13-17-14-33-21(15-34-19-7-5-4-6-8-19)22(23(17)25(32-3)24(20)31-2)16-9-11-18(12-10-16)26(27,28)29/h4-13,21-22H,14-15H2,1-3H3/t21-,22-/m0/s1. The molecule has 0 bridgehead atoms. The predicted octanol–water partition coefficient (Wildman–Crippen LogP) is 5.21. The third kappa shape index (κ3) is 4.90. The second-order valence-corrected chi connectivity index (χ2v) is 10.1. The van der Waals surface area contributed by atoms with Gasteiger partial charge in [-0.25, -0.2) is 0 Å². The Balaban J connectivity index is 1.81. The first kappa shape index (κ1) is 24.5. The second kappa shape index (κ2) is 10.3. The molecule has 4 nitrogen and oxygen atoms in total. The van der Waals surface area contributed by atoms with E-state index in [1.165, 1.54) is 23.7 Å². The molecule has 0 spiro atoms. The van der Waals surface area contributed by atoms with Crippen LogP contribution < -0.4 is 18.7 Å². The third-order valence-electron chi connectivity index (χ3n) is 5.84. The Kier molecular flexibility index (Phi) is 7.41. The van der Waals surface area contributed by atoms with Crippen LogP contribution in [0.5, 0.6) is 17.2 Å². The van der Waals surface area contributed by atoms with Gasteiger partial charge in [0, 0.05) is 0 Å². The maximum atomic E-state index is 13.2. The topological polar surface area (TPSA) is 36.9 Å². The molecule has 0 N–H and O–H groups in total. The number of fused-ring (bicyclic) bond motifs is 1. The molecule has 1 aliphatic rings. The van der Waals surface area contributed by atoms with E-state index in [4.69, 9.17) is 18.9 Å². The van der Waals surface area contributed by atoms with Crippen LogP contribution in [-0.2, 0) is 17.5 Å². The minimum atomic E-state index is -4.40. The predicted molar refractivity (Wildman–Crippen MR) is 125 cm³/mol. The summed E-state index contributed by atoms with van der Waals surface area (Å²) in [7, 11) is 4.64. The van der Waals surface area contributed by atoms with Crippen LogP contribution in [-0.4, -0.2) is 42.4 Å². The Labute approximate surface area is 203 Å². The van der Waals surface area contributed by atoms with Crippen molar-refractivity contribution in [3.63, 3.8) is 0 Å². The van der Waals surface area contributed by atoms with Gasteiger partial charge >= 0.3 is 203 Å². The van der Waals surface area contributed by atoms with Crippen LogP contribution in [0.2, 0.25) is 5.32 Å². The van der Waals surface area contributed by atoms with Crippen molar-refractivity contribution >= 4 is 19.4 Å². The summed E-state index contributed by atoms with van der Waals surface area (Å²) in [6, 6.07) is 17.3. The van der Waals surface area contributed by atoms with E-state index in [2.05, 4.69) is 12.1 Å². The average Bonchev–Trinajstić information content (AvgIpc) is 2.85. The number of hydrogen-bond acceptors (Lipinski definition) is 4. The first-order valence-corrected chi connectivity index (χ1v) is 12.7. The Hall–Kier alpha value is -2.67. The number of methoxy groups -OCH3 is 3. The number of ether oxygens (including phenoxy) is 4. The molecule has 0 fully saturated rings. The summed E-state index contributed by atoms with van der Waals surface area (Å²) >= 11 is 0.122. The minimum absolute atomic E-state index is 0.122. The van der Waals surface area contributed by atoms with Crippen molar-refractivity contribution < 1.29 is 32.1 Å². The fraction of sp³-hybridized carbons (Fsp3) is 0.308. The van der Waals surface area contributed by atoms with E-state index >= 15 is 0 Å². The number of hydrogen-bond donors (Lipinski definition) is 0.